The van der Waals surface area contributed by atoms with Crippen LogP contribution in [0.1, 0.15) is 0 Å². The molecule has 1 aromatic carbocycles. The number of hydrogen-bond acceptors (Lipinski definition) is 2. The summed E-state index contributed by atoms with van der Waals surface area (Å²) in [5.41, 5.74) is 2.15. The van der Waals surface area contributed by atoms with E-state index in [-0.39, 0.29) is 0 Å². The minimum atomic E-state index is 0.312. The number of rotatable bonds is 3. The first-order chi connectivity index (χ1) is 6.90. The molecule has 1 aromatic heterocycles. The first kappa shape index (κ1) is 8.69. The number of carbonyl (C=O) groups is 1. The molecule has 0 aliphatic carbocycles. The Morgan fingerprint density at radius 1 is 1.21 bits per heavy atom. The molecule has 3 heteroatoms. The standard InChI is InChI=1S/C11H10N2O/c14-7-6-13-9-11(8-12-13)10-4-2-1-3-5-10/h1-5,7-9H,6H2. The first-order valence-corrected chi connectivity index (χ1v) is 4.41. The van der Waals surface area contributed by atoms with Gasteiger partial charge in [0.05, 0.1) is 12.7 Å². The van der Waals surface area contributed by atoms with E-state index < -0.39 is 0 Å². The predicted octanol–water partition coefficient (Wildman–Crippen LogP) is 1.75. The minimum Gasteiger partial charge on any atom is -0.301 e. The Balaban J connectivity index is 2.29. The van der Waals surface area contributed by atoms with Crippen LogP contribution in [0.4, 0.5) is 0 Å². The molecule has 0 saturated heterocycles. The van der Waals surface area contributed by atoms with Gasteiger partial charge in [-0.15, -0.1) is 0 Å². The van der Waals surface area contributed by atoms with Gasteiger partial charge in [0.2, 0.25) is 0 Å². The highest BCUT2D eigenvalue weighted by atomic mass is 16.1. The van der Waals surface area contributed by atoms with Crippen LogP contribution in [0, 0.1) is 0 Å². The minimum absolute atomic E-state index is 0.312. The highest BCUT2D eigenvalue weighted by Crippen LogP contribution is 2.16. The third-order valence-corrected chi connectivity index (χ3v) is 2.00. The summed E-state index contributed by atoms with van der Waals surface area (Å²) in [6.07, 6.45) is 4.46. The fourth-order valence-corrected chi connectivity index (χ4v) is 1.32. The maximum atomic E-state index is 10.3. The number of hydrogen-bond donors (Lipinski definition) is 0. The van der Waals surface area contributed by atoms with Crippen molar-refractivity contribution in [2.45, 2.75) is 6.54 Å². The van der Waals surface area contributed by atoms with Crippen molar-refractivity contribution in [3.63, 3.8) is 0 Å². The van der Waals surface area contributed by atoms with Gasteiger partial charge in [-0.1, -0.05) is 30.3 Å². The molecule has 2 aromatic rings. The van der Waals surface area contributed by atoms with Crippen molar-refractivity contribution < 1.29 is 4.79 Å². The van der Waals surface area contributed by atoms with Crippen LogP contribution in [0.5, 0.6) is 0 Å². The molecule has 0 N–H and O–H groups in total. The molecular formula is C11H10N2O. The second-order valence-corrected chi connectivity index (χ2v) is 2.98. The van der Waals surface area contributed by atoms with E-state index in [2.05, 4.69) is 5.10 Å². The van der Waals surface area contributed by atoms with E-state index in [0.29, 0.717) is 6.54 Å². The first-order valence-electron chi connectivity index (χ1n) is 4.41. The van der Waals surface area contributed by atoms with Gasteiger partial charge in [-0.25, -0.2) is 0 Å². The van der Waals surface area contributed by atoms with Crippen molar-refractivity contribution in [1.29, 1.82) is 0 Å². The van der Waals surface area contributed by atoms with Crippen molar-refractivity contribution in [3.05, 3.63) is 42.7 Å². The van der Waals surface area contributed by atoms with E-state index in [1.165, 1.54) is 0 Å². The smallest absolute Gasteiger partial charge is 0.141 e. The number of aldehydes is 1. The summed E-state index contributed by atoms with van der Waals surface area (Å²) in [5, 5.41) is 4.07. The Kier molecular flexibility index (Phi) is 2.40. The van der Waals surface area contributed by atoms with Crippen LogP contribution < -0.4 is 0 Å². The Labute approximate surface area is 82.0 Å². The van der Waals surface area contributed by atoms with E-state index in [1.807, 2.05) is 36.5 Å². The molecule has 0 aliphatic rings. The summed E-state index contributed by atoms with van der Waals surface area (Å²) in [6, 6.07) is 9.96. The van der Waals surface area contributed by atoms with Crippen LogP contribution in [0.25, 0.3) is 11.1 Å². The second-order valence-electron chi connectivity index (χ2n) is 2.98. The highest BCUT2D eigenvalue weighted by Gasteiger charge is 1.99. The van der Waals surface area contributed by atoms with Crippen molar-refractivity contribution in [2.24, 2.45) is 0 Å². The molecule has 0 fully saturated rings. The molecule has 0 bridgehead atoms. The Morgan fingerprint density at radius 2 is 2.00 bits per heavy atom. The number of nitrogens with zero attached hydrogens (tertiary/aromatic N) is 2. The van der Waals surface area contributed by atoms with Crippen LogP contribution in [-0.2, 0) is 11.3 Å². The summed E-state index contributed by atoms with van der Waals surface area (Å²) in [7, 11) is 0. The summed E-state index contributed by atoms with van der Waals surface area (Å²) in [5.74, 6) is 0. The van der Waals surface area contributed by atoms with Gasteiger partial charge in [0.1, 0.15) is 6.29 Å². The second kappa shape index (κ2) is 3.87. The molecule has 70 valence electrons. The maximum Gasteiger partial charge on any atom is 0.141 e. The lowest BCUT2D eigenvalue weighted by molar-refractivity contribution is -0.108. The molecule has 0 amide bonds. The number of aromatic nitrogens is 2. The Bertz CT molecular complexity index is 420. The zero-order valence-corrected chi connectivity index (χ0v) is 7.63. The molecule has 0 radical (unpaired) electrons. The van der Waals surface area contributed by atoms with E-state index in [1.54, 1.807) is 10.9 Å². The largest absolute Gasteiger partial charge is 0.301 e. The van der Waals surface area contributed by atoms with E-state index in [4.69, 9.17) is 0 Å². The number of benzene rings is 1. The zero-order chi connectivity index (χ0) is 9.80. The van der Waals surface area contributed by atoms with E-state index in [9.17, 15) is 4.79 Å². The summed E-state index contributed by atoms with van der Waals surface area (Å²) in [6.45, 7) is 0.312. The van der Waals surface area contributed by atoms with Gasteiger partial charge in [0, 0.05) is 11.8 Å². The van der Waals surface area contributed by atoms with Gasteiger partial charge in [-0.05, 0) is 5.56 Å². The lowest BCUT2D eigenvalue weighted by Crippen LogP contribution is -1.97. The van der Waals surface area contributed by atoms with Gasteiger partial charge < -0.3 is 4.79 Å². The van der Waals surface area contributed by atoms with E-state index in [0.717, 1.165) is 17.4 Å². The highest BCUT2D eigenvalue weighted by molar-refractivity contribution is 5.61. The zero-order valence-electron chi connectivity index (χ0n) is 7.63. The molecule has 0 unspecified atom stereocenters. The quantitative estimate of drug-likeness (QED) is 0.684. The molecule has 0 aliphatic heterocycles. The van der Waals surface area contributed by atoms with Gasteiger partial charge in [-0.2, -0.15) is 5.10 Å². The molecule has 1 heterocycles. The SMILES string of the molecule is O=CCn1cc(-c2ccccc2)cn1. The topological polar surface area (TPSA) is 34.9 Å². The summed E-state index contributed by atoms with van der Waals surface area (Å²) in [4.78, 5) is 10.3. The fourth-order valence-electron chi connectivity index (χ4n) is 1.32. The Morgan fingerprint density at radius 3 is 2.71 bits per heavy atom. The van der Waals surface area contributed by atoms with Crippen LogP contribution >= 0.6 is 0 Å². The van der Waals surface area contributed by atoms with Crippen molar-refractivity contribution in [1.82, 2.24) is 9.78 Å². The summed E-state index contributed by atoms with van der Waals surface area (Å²) >= 11 is 0. The molecule has 2 rings (SSSR count). The monoisotopic (exact) mass is 186 g/mol. The van der Waals surface area contributed by atoms with Crippen LogP contribution in [-0.4, -0.2) is 16.1 Å². The van der Waals surface area contributed by atoms with Gasteiger partial charge in [-0.3, -0.25) is 4.68 Å². The Hall–Kier alpha value is -1.90. The van der Waals surface area contributed by atoms with Crippen molar-refractivity contribution in [3.8, 4) is 11.1 Å². The molecule has 3 nitrogen and oxygen atoms in total. The summed E-state index contributed by atoms with van der Waals surface area (Å²) < 4.78 is 1.62. The average Bonchev–Trinajstić information content (AvgIpc) is 2.68. The molecular weight excluding hydrogens is 176 g/mol. The molecule has 14 heavy (non-hydrogen) atoms. The number of carbonyl (C=O) groups excluding carboxylic acids is 1. The average molecular weight is 186 g/mol. The van der Waals surface area contributed by atoms with Crippen molar-refractivity contribution in [2.75, 3.05) is 0 Å². The van der Waals surface area contributed by atoms with Crippen LogP contribution in [0.2, 0.25) is 0 Å². The van der Waals surface area contributed by atoms with Gasteiger partial charge in [0.25, 0.3) is 0 Å². The van der Waals surface area contributed by atoms with Gasteiger partial charge in [0.15, 0.2) is 0 Å². The van der Waals surface area contributed by atoms with Crippen LogP contribution in [0.3, 0.4) is 0 Å². The van der Waals surface area contributed by atoms with Crippen molar-refractivity contribution >= 4 is 6.29 Å². The fraction of sp³-hybridized carbons (Fsp3) is 0.0909. The molecule has 0 saturated carbocycles. The van der Waals surface area contributed by atoms with E-state index >= 15 is 0 Å². The van der Waals surface area contributed by atoms with Crippen LogP contribution in [0.15, 0.2) is 42.7 Å². The normalized spacial score (nSPS) is 10.0. The third-order valence-electron chi connectivity index (χ3n) is 2.00. The predicted molar refractivity (Wildman–Crippen MR) is 53.7 cm³/mol. The molecule has 0 atom stereocenters. The third kappa shape index (κ3) is 1.71. The van der Waals surface area contributed by atoms with Gasteiger partial charge >= 0.3 is 0 Å². The lowest BCUT2D eigenvalue weighted by Gasteiger charge is -1.94. The lowest BCUT2D eigenvalue weighted by atomic mass is 10.1. The molecule has 0 spiro atoms. The maximum absolute atomic E-state index is 10.3.